The number of ether oxygens (including phenoxy) is 1. The summed E-state index contributed by atoms with van der Waals surface area (Å²) in [4.78, 5) is 12.5. The average molecular weight is 284 g/mol. The number of quaternary nitrogens is 1. The largest absolute Gasteiger partial charge is 0.634 e. The Morgan fingerprint density at radius 3 is 2.00 bits per heavy atom. The molecule has 1 spiro atoms. The zero-order valence-corrected chi connectivity index (χ0v) is 13.7. The maximum Gasteiger partial charge on any atom is 0.328 e. The lowest BCUT2D eigenvalue weighted by Crippen LogP contribution is -3.24. The van der Waals surface area contributed by atoms with E-state index in [0.717, 1.165) is 0 Å². The van der Waals surface area contributed by atoms with Crippen LogP contribution >= 0.6 is 0 Å². The Morgan fingerprint density at radius 1 is 1.20 bits per heavy atom. The Bertz CT molecular complexity index is 405. The van der Waals surface area contributed by atoms with Crippen molar-refractivity contribution >= 4 is 5.97 Å². The molecule has 0 radical (unpaired) electrons. The minimum atomic E-state index is -0.723. The van der Waals surface area contributed by atoms with Gasteiger partial charge >= 0.3 is 5.97 Å². The van der Waals surface area contributed by atoms with Gasteiger partial charge in [0.1, 0.15) is 5.54 Å². The van der Waals surface area contributed by atoms with Crippen LogP contribution < -0.4 is 10.4 Å². The van der Waals surface area contributed by atoms with Crippen molar-refractivity contribution in [1.29, 1.82) is 0 Å². The standard InChI is InChI=1S/C15H28N2O3/c1-12(2,3)10-16-15(11(18)20-10)8-13(4,5)17(19)14(6,7)9-15/h10,16-17H,8-9H2,1-7H3. The van der Waals surface area contributed by atoms with Gasteiger partial charge in [-0.05, 0) is 27.7 Å². The molecule has 5 heteroatoms. The van der Waals surface area contributed by atoms with E-state index in [9.17, 15) is 10.0 Å². The number of piperidine rings is 1. The maximum absolute atomic E-state index is 12.5. The van der Waals surface area contributed by atoms with Crippen LogP contribution in [-0.4, -0.2) is 28.8 Å². The molecule has 1 unspecified atom stereocenters. The van der Waals surface area contributed by atoms with Crippen LogP contribution in [0.4, 0.5) is 0 Å². The van der Waals surface area contributed by atoms with Crippen LogP contribution in [0.3, 0.4) is 0 Å². The molecule has 0 aromatic heterocycles. The van der Waals surface area contributed by atoms with Gasteiger partial charge in [0.25, 0.3) is 0 Å². The molecule has 1 atom stereocenters. The summed E-state index contributed by atoms with van der Waals surface area (Å²) in [5.74, 6) is -0.203. The van der Waals surface area contributed by atoms with E-state index in [-0.39, 0.29) is 22.7 Å². The molecule has 5 nitrogen and oxygen atoms in total. The normalized spacial score (nSPS) is 32.4. The first kappa shape index (κ1) is 15.7. The van der Waals surface area contributed by atoms with Crippen LogP contribution in [0, 0.1) is 10.6 Å². The van der Waals surface area contributed by atoms with Gasteiger partial charge in [-0.2, -0.15) is 0 Å². The van der Waals surface area contributed by atoms with Gasteiger partial charge in [0, 0.05) is 18.3 Å². The monoisotopic (exact) mass is 284 g/mol. The van der Waals surface area contributed by atoms with Crippen molar-refractivity contribution in [3.05, 3.63) is 5.21 Å². The van der Waals surface area contributed by atoms with E-state index < -0.39 is 16.6 Å². The molecule has 0 bridgehead atoms. The van der Waals surface area contributed by atoms with Crippen molar-refractivity contribution in [2.45, 2.75) is 84.2 Å². The van der Waals surface area contributed by atoms with Gasteiger partial charge in [0.15, 0.2) is 6.23 Å². The highest BCUT2D eigenvalue weighted by atomic mass is 16.6. The Labute approximate surface area is 121 Å². The van der Waals surface area contributed by atoms with Gasteiger partial charge in [-0.25, -0.2) is 4.79 Å². The fourth-order valence-corrected chi connectivity index (χ4v) is 3.85. The van der Waals surface area contributed by atoms with E-state index in [1.165, 1.54) is 0 Å². The van der Waals surface area contributed by atoms with E-state index in [1.54, 1.807) is 0 Å². The summed E-state index contributed by atoms with van der Waals surface area (Å²) in [5.41, 5.74) is -1.91. The molecule has 0 aliphatic carbocycles. The second-order valence-corrected chi connectivity index (χ2v) is 8.83. The number of cyclic esters (lactones) is 1. The van der Waals surface area contributed by atoms with Gasteiger partial charge in [-0.3, -0.25) is 5.32 Å². The van der Waals surface area contributed by atoms with Crippen LogP contribution in [0.1, 0.15) is 61.3 Å². The fraction of sp³-hybridized carbons (Fsp3) is 0.933. The number of nitrogens with one attached hydrogen (secondary N) is 2. The van der Waals surface area contributed by atoms with Crippen LogP contribution in [0.25, 0.3) is 0 Å². The highest BCUT2D eigenvalue weighted by molar-refractivity contribution is 5.83. The summed E-state index contributed by atoms with van der Waals surface area (Å²) in [6, 6.07) is 0. The predicted octanol–water partition coefficient (Wildman–Crippen LogP) is 0.978. The third-order valence-corrected chi connectivity index (χ3v) is 4.53. The lowest BCUT2D eigenvalue weighted by atomic mass is 9.70. The molecule has 0 aromatic carbocycles. The first-order valence-corrected chi connectivity index (χ1v) is 7.34. The highest BCUT2D eigenvalue weighted by Crippen LogP contribution is 2.39. The number of hydrogen-bond donors (Lipinski definition) is 2. The van der Waals surface area contributed by atoms with E-state index in [2.05, 4.69) is 5.32 Å². The van der Waals surface area contributed by atoms with Gasteiger partial charge in [-0.1, -0.05) is 20.8 Å². The molecule has 2 N–H and O–H groups in total. The first-order valence-electron chi connectivity index (χ1n) is 7.34. The van der Waals surface area contributed by atoms with E-state index in [4.69, 9.17) is 4.74 Å². The number of hydrogen-bond acceptors (Lipinski definition) is 4. The summed E-state index contributed by atoms with van der Waals surface area (Å²) >= 11 is 0. The summed E-state index contributed by atoms with van der Waals surface area (Å²) in [5, 5.41) is 16.1. The highest BCUT2D eigenvalue weighted by Gasteiger charge is 2.61. The van der Waals surface area contributed by atoms with Crippen LogP contribution in [0.5, 0.6) is 0 Å². The minimum absolute atomic E-state index is 0.158. The van der Waals surface area contributed by atoms with Gasteiger partial charge in [0.05, 0.1) is 11.1 Å². The maximum atomic E-state index is 12.5. The Kier molecular flexibility index (Phi) is 3.29. The predicted molar refractivity (Wildman–Crippen MR) is 76.9 cm³/mol. The number of rotatable bonds is 0. The molecule has 116 valence electrons. The third-order valence-electron chi connectivity index (χ3n) is 4.53. The number of hydroxylamine groups is 2. The zero-order chi connectivity index (χ0) is 15.6. The smallest absolute Gasteiger partial charge is 0.328 e. The molecule has 2 fully saturated rings. The van der Waals surface area contributed by atoms with Crippen molar-refractivity contribution in [3.63, 3.8) is 0 Å². The molecule has 2 rings (SSSR count). The lowest BCUT2D eigenvalue weighted by molar-refractivity contribution is -0.956. The second-order valence-electron chi connectivity index (χ2n) is 8.83. The van der Waals surface area contributed by atoms with Gasteiger partial charge < -0.3 is 15.0 Å². The quantitative estimate of drug-likeness (QED) is 0.514. The molecule has 2 saturated heterocycles. The van der Waals surface area contributed by atoms with Gasteiger partial charge in [-0.15, -0.1) is 0 Å². The fourth-order valence-electron chi connectivity index (χ4n) is 3.85. The van der Waals surface area contributed by atoms with Crippen LogP contribution in [0.2, 0.25) is 0 Å². The SMILES string of the molecule is CC(C)(C)C1NC2(CC(C)(C)[NH+]([O-])C(C)(C)C2)C(=O)O1. The molecule has 2 heterocycles. The second kappa shape index (κ2) is 4.18. The van der Waals surface area contributed by atoms with E-state index in [1.807, 2.05) is 48.5 Å². The van der Waals surface area contributed by atoms with Crippen molar-refractivity contribution in [2.24, 2.45) is 5.41 Å². The molecular formula is C15H28N2O3. The Morgan fingerprint density at radius 2 is 1.65 bits per heavy atom. The molecule has 2 aliphatic rings. The van der Waals surface area contributed by atoms with E-state index in [0.29, 0.717) is 12.8 Å². The topological polar surface area (TPSA) is 65.8 Å². The molecule has 20 heavy (non-hydrogen) atoms. The molecule has 0 aromatic rings. The molecule has 2 aliphatic heterocycles. The first-order chi connectivity index (χ1) is 8.80. The lowest BCUT2D eigenvalue weighted by Gasteiger charge is -2.56. The number of carbonyl (C=O) groups is 1. The minimum Gasteiger partial charge on any atom is -0.634 e. The van der Waals surface area contributed by atoms with Crippen molar-refractivity contribution in [1.82, 2.24) is 5.32 Å². The van der Waals surface area contributed by atoms with Crippen molar-refractivity contribution in [3.8, 4) is 0 Å². The summed E-state index contributed by atoms with van der Waals surface area (Å²) in [6.45, 7) is 13.8. The van der Waals surface area contributed by atoms with Gasteiger partial charge in [0.2, 0.25) is 0 Å². The Hall–Kier alpha value is -0.650. The Balaban J connectivity index is 2.35. The molecular weight excluding hydrogens is 256 g/mol. The summed E-state index contributed by atoms with van der Waals surface area (Å²) in [6.07, 6.45) is 0.719. The molecule has 0 amide bonds. The molecule has 0 saturated carbocycles. The van der Waals surface area contributed by atoms with E-state index >= 15 is 0 Å². The summed E-state index contributed by atoms with van der Waals surface area (Å²) in [7, 11) is 0. The third kappa shape index (κ3) is 2.36. The van der Waals surface area contributed by atoms with Crippen LogP contribution in [0.15, 0.2) is 0 Å². The number of carbonyl (C=O) groups excluding carboxylic acids is 1. The van der Waals surface area contributed by atoms with Crippen molar-refractivity contribution < 1.29 is 14.6 Å². The number of esters is 1. The summed E-state index contributed by atoms with van der Waals surface area (Å²) < 4.78 is 5.58. The van der Waals surface area contributed by atoms with Crippen molar-refractivity contribution in [2.75, 3.05) is 0 Å². The average Bonchev–Trinajstić information content (AvgIpc) is 2.51. The zero-order valence-electron chi connectivity index (χ0n) is 13.7. The van der Waals surface area contributed by atoms with Crippen LogP contribution in [-0.2, 0) is 9.53 Å².